The van der Waals surface area contributed by atoms with Crippen molar-refractivity contribution >= 4 is 10.8 Å². The Balaban J connectivity index is 2.00. The van der Waals surface area contributed by atoms with E-state index in [4.69, 9.17) is 4.74 Å². The molecule has 0 N–H and O–H groups in total. The molecule has 3 aromatic rings. The lowest BCUT2D eigenvalue weighted by atomic mass is 9.98. The molecule has 0 bridgehead atoms. The van der Waals surface area contributed by atoms with Crippen molar-refractivity contribution in [3.8, 4) is 16.9 Å². The summed E-state index contributed by atoms with van der Waals surface area (Å²) in [5.41, 5.74) is 1.97. The molecule has 0 spiro atoms. The Hall–Kier alpha value is -3.01. The Kier molecular flexibility index (Phi) is 6.19. The minimum absolute atomic E-state index is 0.0306. The van der Waals surface area contributed by atoms with Crippen LogP contribution in [0.4, 0.5) is 13.2 Å². The second-order valence-electron chi connectivity index (χ2n) is 6.43. The molecule has 0 saturated heterocycles. The van der Waals surface area contributed by atoms with Crippen LogP contribution in [0.3, 0.4) is 0 Å². The summed E-state index contributed by atoms with van der Waals surface area (Å²) in [7, 11) is 0. The first-order valence-electron chi connectivity index (χ1n) is 9.11. The predicted octanol–water partition coefficient (Wildman–Crippen LogP) is 7.00. The van der Waals surface area contributed by atoms with Gasteiger partial charge in [0.2, 0.25) is 5.82 Å². The molecule has 0 saturated carbocycles. The first-order chi connectivity index (χ1) is 13.6. The Labute approximate surface area is 162 Å². The van der Waals surface area contributed by atoms with Gasteiger partial charge in [-0.05, 0) is 42.3 Å². The smallest absolute Gasteiger partial charge is 0.201 e. The summed E-state index contributed by atoms with van der Waals surface area (Å²) in [6, 6.07) is 11.9. The summed E-state index contributed by atoms with van der Waals surface area (Å²) < 4.78 is 49.0. The number of hydrogen-bond acceptors (Lipinski definition) is 1. The van der Waals surface area contributed by atoms with Crippen LogP contribution in [0.15, 0.2) is 67.3 Å². The molecule has 1 nitrogen and oxygen atoms in total. The lowest BCUT2D eigenvalue weighted by molar-refractivity contribution is 0.334. The van der Waals surface area contributed by atoms with Gasteiger partial charge in [0.25, 0.3) is 0 Å². The molecule has 0 heterocycles. The van der Waals surface area contributed by atoms with E-state index in [0.717, 1.165) is 18.4 Å². The quantitative estimate of drug-likeness (QED) is 0.400. The van der Waals surface area contributed by atoms with Crippen LogP contribution in [-0.2, 0) is 6.42 Å². The van der Waals surface area contributed by atoms with Gasteiger partial charge in [-0.2, -0.15) is 4.39 Å². The van der Waals surface area contributed by atoms with Crippen molar-refractivity contribution in [2.45, 2.75) is 19.8 Å². The average molecular weight is 382 g/mol. The Morgan fingerprint density at radius 1 is 0.964 bits per heavy atom. The highest BCUT2D eigenvalue weighted by Gasteiger charge is 2.20. The van der Waals surface area contributed by atoms with E-state index in [0.29, 0.717) is 5.56 Å². The van der Waals surface area contributed by atoms with Gasteiger partial charge in [-0.3, -0.25) is 0 Å². The lowest BCUT2D eigenvalue weighted by Gasteiger charge is -2.12. The molecule has 0 aromatic heterocycles. The Bertz CT molecular complexity index is 1020. The van der Waals surface area contributed by atoms with Crippen molar-refractivity contribution in [3.63, 3.8) is 0 Å². The van der Waals surface area contributed by atoms with Crippen LogP contribution >= 0.6 is 0 Å². The van der Waals surface area contributed by atoms with E-state index >= 15 is 4.39 Å². The number of rotatable bonds is 7. The topological polar surface area (TPSA) is 9.23 Å². The molecular formula is C24H21F3O. The molecule has 0 amide bonds. The number of hydrogen-bond donors (Lipinski definition) is 0. The summed E-state index contributed by atoms with van der Waals surface area (Å²) in [5.74, 6) is -3.50. The number of halogens is 3. The molecule has 4 heteroatoms. The molecule has 0 aliphatic heterocycles. The highest BCUT2D eigenvalue weighted by Crippen LogP contribution is 2.35. The fourth-order valence-electron chi connectivity index (χ4n) is 3.10. The number of aryl methyl sites for hydroxylation is 1. The molecule has 0 aliphatic carbocycles. The van der Waals surface area contributed by atoms with Gasteiger partial charge >= 0.3 is 0 Å². The maximum Gasteiger partial charge on any atom is 0.201 e. The maximum absolute atomic E-state index is 15.1. The third kappa shape index (κ3) is 3.96. The number of ether oxygens (including phenoxy) is 1. The molecule has 3 aromatic carbocycles. The van der Waals surface area contributed by atoms with Gasteiger partial charge in [-0.1, -0.05) is 61.2 Å². The molecule has 0 unspecified atom stereocenters. The monoisotopic (exact) mass is 382 g/mol. The molecule has 0 radical (unpaired) electrons. The molecule has 28 heavy (non-hydrogen) atoms. The van der Waals surface area contributed by atoms with E-state index < -0.39 is 17.5 Å². The van der Waals surface area contributed by atoms with Crippen molar-refractivity contribution in [2.75, 3.05) is 6.61 Å². The highest BCUT2D eigenvalue weighted by molar-refractivity contribution is 5.90. The zero-order valence-corrected chi connectivity index (χ0v) is 15.6. The third-order valence-electron chi connectivity index (χ3n) is 4.55. The third-order valence-corrected chi connectivity index (χ3v) is 4.55. The standard InChI is InChI=1S/C24H21F3O/c1-3-5-6-7-16-8-10-17(11-9-16)19-13-12-18-15-20(28-14-4-2)23(26)24(27)21(18)22(19)25/h3-5,8-13,15H,2,6-7,14H2,1H3/b5-3+. The number of benzene rings is 3. The van der Waals surface area contributed by atoms with Crippen molar-refractivity contribution in [3.05, 3.63) is 90.3 Å². The Morgan fingerprint density at radius 2 is 1.71 bits per heavy atom. The molecule has 0 aliphatic rings. The molecule has 0 fully saturated rings. The van der Waals surface area contributed by atoms with E-state index in [1.807, 2.05) is 25.1 Å². The summed E-state index contributed by atoms with van der Waals surface area (Å²) in [6.07, 6.45) is 7.33. The predicted molar refractivity (Wildman–Crippen MR) is 108 cm³/mol. The second-order valence-corrected chi connectivity index (χ2v) is 6.43. The van der Waals surface area contributed by atoms with E-state index in [1.165, 1.54) is 12.1 Å². The van der Waals surface area contributed by atoms with Gasteiger partial charge in [0, 0.05) is 5.56 Å². The van der Waals surface area contributed by atoms with Gasteiger partial charge in [0.1, 0.15) is 12.4 Å². The van der Waals surface area contributed by atoms with Crippen LogP contribution in [0, 0.1) is 17.5 Å². The second kappa shape index (κ2) is 8.79. The summed E-state index contributed by atoms with van der Waals surface area (Å²) in [4.78, 5) is 0. The minimum atomic E-state index is -1.25. The normalized spacial score (nSPS) is 11.3. The lowest BCUT2D eigenvalue weighted by Crippen LogP contribution is -2.00. The Morgan fingerprint density at radius 3 is 2.39 bits per heavy atom. The summed E-state index contributed by atoms with van der Waals surface area (Å²) >= 11 is 0. The van der Waals surface area contributed by atoms with Gasteiger partial charge in [-0.15, -0.1) is 0 Å². The first-order valence-corrected chi connectivity index (χ1v) is 9.11. The maximum atomic E-state index is 15.1. The number of fused-ring (bicyclic) bond motifs is 1. The fraction of sp³-hybridized carbons (Fsp3) is 0.167. The fourth-order valence-corrected chi connectivity index (χ4v) is 3.10. The van der Waals surface area contributed by atoms with Crippen LogP contribution in [-0.4, -0.2) is 6.61 Å². The zero-order valence-electron chi connectivity index (χ0n) is 15.6. The van der Waals surface area contributed by atoms with Crippen LogP contribution in [0.25, 0.3) is 21.9 Å². The van der Waals surface area contributed by atoms with E-state index in [2.05, 4.69) is 12.7 Å². The SMILES string of the molecule is C=CCOc1cc2ccc(-c3ccc(CC/C=C/C)cc3)c(F)c2c(F)c1F. The number of allylic oxidation sites excluding steroid dienone is 2. The van der Waals surface area contributed by atoms with Crippen molar-refractivity contribution in [2.24, 2.45) is 0 Å². The van der Waals surface area contributed by atoms with Gasteiger partial charge < -0.3 is 4.74 Å². The molecule has 3 rings (SSSR count). The van der Waals surface area contributed by atoms with Gasteiger partial charge in [0.05, 0.1) is 5.39 Å². The van der Waals surface area contributed by atoms with E-state index in [1.54, 1.807) is 24.3 Å². The van der Waals surface area contributed by atoms with Crippen LogP contribution < -0.4 is 4.74 Å². The van der Waals surface area contributed by atoms with Crippen molar-refractivity contribution < 1.29 is 17.9 Å². The minimum Gasteiger partial charge on any atom is -0.486 e. The molecule has 0 atom stereocenters. The summed E-state index contributed by atoms with van der Waals surface area (Å²) in [6.45, 7) is 5.48. The van der Waals surface area contributed by atoms with E-state index in [-0.39, 0.29) is 28.7 Å². The van der Waals surface area contributed by atoms with Gasteiger partial charge in [-0.25, -0.2) is 8.78 Å². The first kappa shape index (κ1) is 19.7. The average Bonchev–Trinajstić information content (AvgIpc) is 2.70. The van der Waals surface area contributed by atoms with Crippen LogP contribution in [0.1, 0.15) is 18.9 Å². The van der Waals surface area contributed by atoms with Crippen molar-refractivity contribution in [1.29, 1.82) is 0 Å². The largest absolute Gasteiger partial charge is 0.486 e. The molecule has 144 valence electrons. The molecular weight excluding hydrogens is 361 g/mol. The van der Waals surface area contributed by atoms with E-state index in [9.17, 15) is 8.78 Å². The summed E-state index contributed by atoms with van der Waals surface area (Å²) in [5, 5.41) is -0.139. The van der Waals surface area contributed by atoms with Gasteiger partial charge in [0.15, 0.2) is 11.6 Å². The highest BCUT2D eigenvalue weighted by atomic mass is 19.2. The van der Waals surface area contributed by atoms with Crippen LogP contribution in [0.5, 0.6) is 5.75 Å². The van der Waals surface area contributed by atoms with Crippen molar-refractivity contribution in [1.82, 2.24) is 0 Å². The zero-order chi connectivity index (χ0) is 20.1. The van der Waals surface area contributed by atoms with Crippen LogP contribution in [0.2, 0.25) is 0 Å².